The number of carbonyl (C=O) groups excluding carboxylic acids is 2. The fourth-order valence-corrected chi connectivity index (χ4v) is 1.92. The molecule has 0 saturated carbocycles. The van der Waals surface area contributed by atoms with Gasteiger partial charge in [-0.15, -0.1) is 0 Å². The number of rotatable bonds is 5. The Hall–Kier alpha value is -0.970. The topological polar surface area (TPSA) is 52.6 Å². The zero-order valence-corrected chi connectivity index (χ0v) is 14.1. The van der Waals surface area contributed by atoms with Crippen LogP contribution >= 0.6 is 34.8 Å². The predicted octanol–water partition coefficient (Wildman–Crippen LogP) is 4.53. The van der Waals surface area contributed by atoms with E-state index in [1.807, 2.05) is 6.92 Å². The van der Waals surface area contributed by atoms with E-state index < -0.39 is 17.4 Å². The lowest BCUT2D eigenvalue weighted by atomic mass is 9.94. The van der Waals surface area contributed by atoms with Crippen molar-refractivity contribution in [2.24, 2.45) is 5.41 Å². The molecule has 116 valence electrons. The Labute approximate surface area is 138 Å². The number of benzene rings is 1. The van der Waals surface area contributed by atoms with Crippen molar-refractivity contribution in [1.29, 1.82) is 0 Å². The van der Waals surface area contributed by atoms with Crippen LogP contribution in [-0.2, 0) is 14.3 Å². The van der Waals surface area contributed by atoms with Gasteiger partial charge in [0.2, 0.25) is 0 Å². The molecule has 0 aliphatic heterocycles. The van der Waals surface area contributed by atoms with Crippen molar-refractivity contribution in [3.8, 4) is 5.75 Å². The van der Waals surface area contributed by atoms with Crippen molar-refractivity contribution >= 4 is 46.7 Å². The van der Waals surface area contributed by atoms with E-state index >= 15 is 0 Å². The highest BCUT2D eigenvalue weighted by Gasteiger charge is 2.40. The zero-order chi connectivity index (χ0) is 16.2. The molecule has 0 saturated heterocycles. The van der Waals surface area contributed by atoms with E-state index in [1.54, 1.807) is 0 Å². The minimum Gasteiger partial charge on any atom is -0.465 e. The Morgan fingerprint density at radius 1 is 1.14 bits per heavy atom. The molecule has 1 aromatic rings. The minimum atomic E-state index is -1.46. The van der Waals surface area contributed by atoms with Crippen molar-refractivity contribution in [2.45, 2.75) is 27.2 Å². The quantitative estimate of drug-likeness (QED) is 0.338. The first kappa shape index (κ1) is 18.1. The van der Waals surface area contributed by atoms with Crippen LogP contribution < -0.4 is 4.74 Å². The first-order chi connectivity index (χ1) is 9.70. The summed E-state index contributed by atoms with van der Waals surface area (Å²) >= 11 is 17.6. The summed E-state index contributed by atoms with van der Waals surface area (Å²) in [6.07, 6.45) is 0.659. The van der Waals surface area contributed by atoms with E-state index in [-0.39, 0.29) is 27.4 Å². The molecular formula is C14H15Cl3O4. The Morgan fingerprint density at radius 3 is 2.33 bits per heavy atom. The molecule has 7 heteroatoms. The summed E-state index contributed by atoms with van der Waals surface area (Å²) in [7, 11) is 0. The molecule has 0 spiro atoms. The summed E-state index contributed by atoms with van der Waals surface area (Å²) in [5.74, 6) is -1.47. The van der Waals surface area contributed by atoms with Crippen molar-refractivity contribution in [1.82, 2.24) is 0 Å². The van der Waals surface area contributed by atoms with E-state index in [4.69, 9.17) is 44.3 Å². The third kappa shape index (κ3) is 4.50. The number of hydrogen-bond acceptors (Lipinski definition) is 4. The van der Waals surface area contributed by atoms with Gasteiger partial charge in [-0.3, -0.25) is 9.59 Å². The third-order valence-electron chi connectivity index (χ3n) is 2.62. The van der Waals surface area contributed by atoms with Gasteiger partial charge in [0.25, 0.3) is 0 Å². The smallest absolute Gasteiger partial charge is 0.328 e. The minimum absolute atomic E-state index is 0.00414. The van der Waals surface area contributed by atoms with Crippen LogP contribution in [0.15, 0.2) is 12.1 Å². The molecular weight excluding hydrogens is 339 g/mol. The van der Waals surface area contributed by atoms with Crippen molar-refractivity contribution in [3.63, 3.8) is 0 Å². The molecule has 0 aliphatic carbocycles. The van der Waals surface area contributed by atoms with Crippen LogP contribution in [0.5, 0.6) is 5.75 Å². The summed E-state index contributed by atoms with van der Waals surface area (Å²) < 4.78 is 10.1. The van der Waals surface area contributed by atoms with Crippen LogP contribution in [0.3, 0.4) is 0 Å². The maximum Gasteiger partial charge on any atom is 0.328 e. The third-order valence-corrected chi connectivity index (χ3v) is 3.62. The molecule has 1 aromatic carbocycles. The van der Waals surface area contributed by atoms with Gasteiger partial charge in [0.15, 0.2) is 11.2 Å². The first-order valence-corrected chi connectivity index (χ1v) is 7.37. The van der Waals surface area contributed by atoms with Crippen molar-refractivity contribution in [2.75, 3.05) is 6.61 Å². The number of halogens is 3. The molecule has 4 nitrogen and oxygen atoms in total. The standard InChI is InChI=1S/C14H15Cl3O4/c1-4-5-20-12(18)14(2,3)13(19)21-10-7-8(15)6-9(16)11(10)17/h6-7H,4-5H2,1-3H3. The summed E-state index contributed by atoms with van der Waals surface area (Å²) in [6.45, 7) is 4.91. The zero-order valence-electron chi connectivity index (χ0n) is 11.8. The maximum atomic E-state index is 12.1. The molecule has 0 fully saturated rings. The number of esters is 2. The molecule has 0 unspecified atom stereocenters. The van der Waals surface area contributed by atoms with Gasteiger partial charge in [-0.1, -0.05) is 41.7 Å². The molecule has 0 atom stereocenters. The van der Waals surface area contributed by atoms with Crippen molar-refractivity contribution < 1.29 is 19.1 Å². The number of carbonyl (C=O) groups is 2. The molecule has 21 heavy (non-hydrogen) atoms. The highest BCUT2D eigenvalue weighted by molar-refractivity contribution is 6.44. The second-order valence-corrected chi connectivity index (χ2v) is 6.07. The van der Waals surface area contributed by atoms with Gasteiger partial charge < -0.3 is 9.47 Å². The van der Waals surface area contributed by atoms with Crippen LogP contribution in [0.2, 0.25) is 15.1 Å². The summed E-state index contributed by atoms with van der Waals surface area (Å²) in [5, 5.41) is 0.462. The molecule has 0 amide bonds. The Bertz CT molecular complexity index is 555. The lowest BCUT2D eigenvalue weighted by Gasteiger charge is -2.21. The first-order valence-electron chi connectivity index (χ1n) is 6.24. The van der Waals surface area contributed by atoms with E-state index in [9.17, 15) is 9.59 Å². The second-order valence-electron chi connectivity index (χ2n) is 4.85. The highest BCUT2D eigenvalue weighted by atomic mass is 35.5. The van der Waals surface area contributed by atoms with Crippen LogP contribution in [-0.4, -0.2) is 18.5 Å². The SMILES string of the molecule is CCCOC(=O)C(C)(C)C(=O)Oc1cc(Cl)cc(Cl)c1Cl. The lowest BCUT2D eigenvalue weighted by Crippen LogP contribution is -2.38. The molecule has 1 rings (SSSR count). The Balaban J connectivity index is 2.92. The van der Waals surface area contributed by atoms with Crippen LogP contribution in [0.4, 0.5) is 0 Å². The molecule has 0 heterocycles. The van der Waals surface area contributed by atoms with Crippen LogP contribution in [0, 0.1) is 5.41 Å². The summed E-state index contributed by atoms with van der Waals surface area (Å²) in [6, 6.07) is 2.77. The van der Waals surface area contributed by atoms with E-state index in [0.717, 1.165) is 0 Å². The monoisotopic (exact) mass is 352 g/mol. The van der Waals surface area contributed by atoms with Gasteiger partial charge in [-0.25, -0.2) is 0 Å². The number of hydrogen-bond donors (Lipinski definition) is 0. The maximum absolute atomic E-state index is 12.1. The molecule has 0 bridgehead atoms. The lowest BCUT2D eigenvalue weighted by molar-refractivity contribution is -0.164. The predicted molar refractivity (Wildman–Crippen MR) is 82.1 cm³/mol. The number of ether oxygens (including phenoxy) is 2. The van der Waals surface area contributed by atoms with Crippen LogP contribution in [0.1, 0.15) is 27.2 Å². The van der Waals surface area contributed by atoms with Gasteiger partial charge in [-0.05, 0) is 26.3 Å². The Morgan fingerprint density at radius 2 is 1.76 bits per heavy atom. The molecule has 0 N–H and O–H groups in total. The fourth-order valence-electron chi connectivity index (χ4n) is 1.29. The highest BCUT2D eigenvalue weighted by Crippen LogP contribution is 2.36. The summed E-state index contributed by atoms with van der Waals surface area (Å²) in [4.78, 5) is 24.0. The van der Waals surface area contributed by atoms with Crippen LogP contribution in [0.25, 0.3) is 0 Å². The Kier molecular flexibility index (Phi) is 6.32. The average Bonchev–Trinajstić information content (AvgIpc) is 2.41. The van der Waals surface area contributed by atoms with Gasteiger partial charge in [0.05, 0.1) is 11.6 Å². The average molecular weight is 354 g/mol. The normalized spacial score (nSPS) is 11.1. The largest absolute Gasteiger partial charge is 0.465 e. The summed E-state index contributed by atoms with van der Waals surface area (Å²) in [5.41, 5.74) is -1.46. The van der Waals surface area contributed by atoms with Crippen molar-refractivity contribution in [3.05, 3.63) is 27.2 Å². The van der Waals surface area contributed by atoms with Gasteiger partial charge in [0.1, 0.15) is 5.02 Å². The van der Waals surface area contributed by atoms with Gasteiger partial charge >= 0.3 is 11.9 Å². The fraction of sp³-hybridized carbons (Fsp3) is 0.429. The van der Waals surface area contributed by atoms with Gasteiger partial charge in [-0.2, -0.15) is 0 Å². The van der Waals surface area contributed by atoms with E-state index in [0.29, 0.717) is 6.42 Å². The van der Waals surface area contributed by atoms with E-state index in [2.05, 4.69) is 0 Å². The second kappa shape index (κ2) is 7.34. The molecule has 0 aromatic heterocycles. The molecule has 0 radical (unpaired) electrons. The van der Waals surface area contributed by atoms with E-state index in [1.165, 1.54) is 26.0 Å². The molecule has 0 aliphatic rings. The van der Waals surface area contributed by atoms with Gasteiger partial charge in [0, 0.05) is 11.1 Å².